The van der Waals surface area contributed by atoms with Gasteiger partial charge in [0, 0.05) is 17.7 Å². The first-order valence-corrected chi connectivity index (χ1v) is 9.74. The second-order valence-electron chi connectivity index (χ2n) is 7.29. The van der Waals surface area contributed by atoms with E-state index in [1.807, 2.05) is 37.3 Å². The van der Waals surface area contributed by atoms with Gasteiger partial charge in [-0.3, -0.25) is 4.79 Å². The van der Waals surface area contributed by atoms with Crippen LogP contribution in [0.3, 0.4) is 0 Å². The molecule has 26 heavy (non-hydrogen) atoms. The summed E-state index contributed by atoms with van der Waals surface area (Å²) in [6, 6.07) is 9.28. The molecule has 0 aromatic heterocycles. The van der Waals surface area contributed by atoms with Crippen molar-refractivity contribution in [2.75, 3.05) is 13.2 Å². The Bertz CT molecular complexity index is 603. The van der Waals surface area contributed by atoms with E-state index in [-0.39, 0.29) is 17.3 Å². The fourth-order valence-electron chi connectivity index (χ4n) is 3.93. The molecule has 1 fully saturated rings. The van der Waals surface area contributed by atoms with Gasteiger partial charge in [0.05, 0.1) is 6.61 Å². The topological polar surface area (TPSA) is 55.4 Å². The summed E-state index contributed by atoms with van der Waals surface area (Å²) in [6.07, 6.45) is 8.53. The summed E-state index contributed by atoms with van der Waals surface area (Å²) in [4.78, 5) is 24.1. The Balaban J connectivity index is 1.84. The zero-order chi connectivity index (χ0) is 18.8. The fourth-order valence-corrected chi connectivity index (χ4v) is 3.93. The Morgan fingerprint density at radius 2 is 1.85 bits per heavy atom. The molecular formula is C22H31NO3. The molecule has 1 saturated carbocycles. The number of benzene rings is 1. The molecule has 0 spiro atoms. The van der Waals surface area contributed by atoms with E-state index < -0.39 is 0 Å². The zero-order valence-electron chi connectivity index (χ0n) is 15.9. The number of esters is 1. The van der Waals surface area contributed by atoms with Crippen molar-refractivity contribution in [2.45, 2.75) is 58.3 Å². The first-order valence-electron chi connectivity index (χ1n) is 9.74. The van der Waals surface area contributed by atoms with Crippen LogP contribution in [-0.2, 0) is 9.53 Å². The minimum Gasteiger partial charge on any atom is -0.463 e. The molecule has 2 rings (SSSR count). The van der Waals surface area contributed by atoms with E-state index >= 15 is 0 Å². The number of nitrogens with one attached hydrogen (secondary N) is 1. The molecule has 0 heterocycles. The smallest absolute Gasteiger partial charge is 0.333 e. The lowest BCUT2D eigenvalue weighted by molar-refractivity contribution is -0.139. The Hall–Kier alpha value is -2.10. The lowest BCUT2D eigenvalue weighted by atomic mass is 9.68. The van der Waals surface area contributed by atoms with Crippen molar-refractivity contribution in [1.29, 1.82) is 0 Å². The SMILES string of the molecule is C=C(CC1(CCCNC(=O)c2ccccc2)CCCCC1)C(=O)OCC. The standard InChI is InChI=1S/C22H31NO3/c1-3-26-21(25)18(2)17-22(13-8-5-9-14-22)15-10-16-23-20(24)19-11-6-4-7-12-19/h4,6-7,11-12H,2-3,5,8-10,13-17H2,1H3,(H,23,24). The average Bonchev–Trinajstić information content (AvgIpc) is 2.66. The molecule has 0 aliphatic heterocycles. The highest BCUT2D eigenvalue weighted by molar-refractivity contribution is 5.94. The Labute approximate surface area is 157 Å². The maximum Gasteiger partial charge on any atom is 0.333 e. The molecule has 1 aromatic carbocycles. The Kier molecular flexibility index (Phi) is 7.89. The lowest BCUT2D eigenvalue weighted by Gasteiger charge is -2.38. The number of hydrogen-bond donors (Lipinski definition) is 1. The maximum absolute atomic E-state index is 12.1. The molecule has 1 amide bonds. The molecular weight excluding hydrogens is 326 g/mol. The summed E-state index contributed by atoms with van der Waals surface area (Å²) in [5, 5.41) is 3.00. The van der Waals surface area contributed by atoms with Gasteiger partial charge >= 0.3 is 5.97 Å². The Morgan fingerprint density at radius 3 is 2.50 bits per heavy atom. The molecule has 0 saturated heterocycles. The number of carbonyl (C=O) groups is 2. The minimum atomic E-state index is -0.269. The predicted octanol–water partition coefficient (Wildman–Crippen LogP) is 4.66. The zero-order valence-corrected chi connectivity index (χ0v) is 15.9. The van der Waals surface area contributed by atoms with Gasteiger partial charge in [-0.2, -0.15) is 0 Å². The molecule has 4 heteroatoms. The highest BCUT2D eigenvalue weighted by Crippen LogP contribution is 2.44. The van der Waals surface area contributed by atoms with E-state index in [0.29, 0.717) is 30.7 Å². The third-order valence-corrected chi connectivity index (χ3v) is 5.27. The number of rotatable bonds is 9. The van der Waals surface area contributed by atoms with E-state index in [1.165, 1.54) is 19.3 Å². The van der Waals surface area contributed by atoms with Crippen molar-refractivity contribution in [1.82, 2.24) is 5.32 Å². The molecule has 0 atom stereocenters. The van der Waals surface area contributed by atoms with Gasteiger partial charge in [0.1, 0.15) is 0 Å². The van der Waals surface area contributed by atoms with Gasteiger partial charge in [-0.05, 0) is 56.6 Å². The molecule has 0 unspecified atom stereocenters. The van der Waals surface area contributed by atoms with Crippen LogP contribution in [0.2, 0.25) is 0 Å². The van der Waals surface area contributed by atoms with Crippen molar-refractivity contribution in [3.05, 3.63) is 48.0 Å². The van der Waals surface area contributed by atoms with Crippen molar-refractivity contribution >= 4 is 11.9 Å². The van der Waals surface area contributed by atoms with E-state index in [9.17, 15) is 9.59 Å². The van der Waals surface area contributed by atoms with E-state index in [1.54, 1.807) is 0 Å². The monoisotopic (exact) mass is 357 g/mol. The van der Waals surface area contributed by atoms with Gasteiger partial charge in [-0.25, -0.2) is 4.79 Å². The van der Waals surface area contributed by atoms with Crippen molar-refractivity contribution in [3.8, 4) is 0 Å². The second-order valence-corrected chi connectivity index (χ2v) is 7.29. The number of carbonyl (C=O) groups excluding carboxylic acids is 2. The predicted molar refractivity (Wildman–Crippen MR) is 104 cm³/mol. The first-order chi connectivity index (χ1) is 12.6. The van der Waals surface area contributed by atoms with Gasteiger partial charge in [0.15, 0.2) is 0 Å². The minimum absolute atomic E-state index is 0.0285. The third-order valence-electron chi connectivity index (χ3n) is 5.27. The van der Waals surface area contributed by atoms with Crippen LogP contribution in [-0.4, -0.2) is 25.0 Å². The van der Waals surface area contributed by atoms with E-state index in [4.69, 9.17) is 4.74 Å². The van der Waals surface area contributed by atoms with Crippen molar-refractivity contribution < 1.29 is 14.3 Å². The fraction of sp³-hybridized carbons (Fsp3) is 0.545. The molecule has 1 N–H and O–H groups in total. The summed E-state index contributed by atoms with van der Waals surface area (Å²) in [5.41, 5.74) is 1.40. The van der Waals surface area contributed by atoms with Gasteiger partial charge < -0.3 is 10.1 Å². The lowest BCUT2D eigenvalue weighted by Crippen LogP contribution is -2.29. The molecule has 1 aliphatic carbocycles. The maximum atomic E-state index is 12.1. The van der Waals surface area contributed by atoms with Crippen LogP contribution < -0.4 is 5.32 Å². The largest absolute Gasteiger partial charge is 0.463 e. The Morgan fingerprint density at radius 1 is 1.15 bits per heavy atom. The van der Waals surface area contributed by atoms with Crippen molar-refractivity contribution in [2.24, 2.45) is 5.41 Å². The molecule has 1 aliphatic rings. The summed E-state index contributed by atoms with van der Waals surface area (Å²) in [7, 11) is 0. The summed E-state index contributed by atoms with van der Waals surface area (Å²) >= 11 is 0. The second kappa shape index (κ2) is 10.1. The molecule has 1 aromatic rings. The molecule has 0 radical (unpaired) electrons. The van der Waals surface area contributed by atoms with Gasteiger partial charge in [0.25, 0.3) is 5.91 Å². The third kappa shape index (κ3) is 6.01. The van der Waals surface area contributed by atoms with Gasteiger partial charge in [0.2, 0.25) is 0 Å². The van der Waals surface area contributed by atoms with Crippen LogP contribution in [0.5, 0.6) is 0 Å². The van der Waals surface area contributed by atoms with Crippen LogP contribution >= 0.6 is 0 Å². The highest BCUT2D eigenvalue weighted by atomic mass is 16.5. The summed E-state index contributed by atoms with van der Waals surface area (Å²) in [6.45, 7) is 6.82. The van der Waals surface area contributed by atoms with Crippen LogP contribution in [0.4, 0.5) is 0 Å². The highest BCUT2D eigenvalue weighted by Gasteiger charge is 2.33. The van der Waals surface area contributed by atoms with Crippen LogP contribution in [0.15, 0.2) is 42.5 Å². The molecule has 4 nitrogen and oxygen atoms in total. The quantitative estimate of drug-likeness (QED) is 0.397. The number of hydrogen-bond acceptors (Lipinski definition) is 3. The number of ether oxygens (including phenoxy) is 1. The summed E-state index contributed by atoms with van der Waals surface area (Å²) < 4.78 is 5.10. The number of amides is 1. The van der Waals surface area contributed by atoms with Gasteiger partial charge in [-0.1, -0.05) is 44.0 Å². The van der Waals surface area contributed by atoms with Crippen LogP contribution in [0, 0.1) is 5.41 Å². The average molecular weight is 357 g/mol. The van der Waals surface area contributed by atoms with E-state index in [0.717, 1.165) is 25.7 Å². The van der Waals surface area contributed by atoms with Crippen LogP contribution in [0.1, 0.15) is 68.6 Å². The summed E-state index contributed by atoms with van der Waals surface area (Å²) in [5.74, 6) is -0.297. The first kappa shape index (κ1) is 20.2. The molecule has 0 bridgehead atoms. The van der Waals surface area contributed by atoms with Crippen molar-refractivity contribution in [3.63, 3.8) is 0 Å². The van der Waals surface area contributed by atoms with E-state index in [2.05, 4.69) is 11.9 Å². The van der Waals surface area contributed by atoms with Gasteiger partial charge in [-0.15, -0.1) is 0 Å². The molecule has 142 valence electrons. The van der Waals surface area contributed by atoms with Crippen LogP contribution in [0.25, 0.3) is 0 Å². The normalized spacial score (nSPS) is 15.9.